The van der Waals surface area contributed by atoms with Crippen LogP contribution in [0.4, 0.5) is 0 Å². The number of carbonyl (C=O) groups excluding carboxylic acids is 1. The molecule has 1 heterocycles. The standard InChI is InChI=1S/C21H18N2O4/c24-18-8-7-15-3-1-2-4-16(15)17(18)12-22-23-21(25)10-6-14-5-9-19-20(11-14)27-13-26-19/h1-5,7-9,11-12,24H,6,10,13H2,(H,23,25)/b22-12-. The van der Waals surface area contributed by atoms with Crippen LogP contribution in [-0.4, -0.2) is 24.0 Å². The molecule has 0 aromatic heterocycles. The summed E-state index contributed by atoms with van der Waals surface area (Å²) in [5.41, 5.74) is 4.07. The lowest BCUT2D eigenvalue weighted by atomic mass is 10.0. The van der Waals surface area contributed by atoms with Gasteiger partial charge < -0.3 is 14.6 Å². The highest BCUT2D eigenvalue weighted by molar-refractivity contribution is 6.02. The molecule has 6 nitrogen and oxygen atoms in total. The number of nitrogens with zero attached hydrogens (tertiary/aromatic N) is 1. The first kappa shape index (κ1) is 16.9. The Morgan fingerprint density at radius 1 is 1.11 bits per heavy atom. The Labute approximate surface area is 156 Å². The fraction of sp³-hybridized carbons (Fsp3) is 0.143. The van der Waals surface area contributed by atoms with Crippen LogP contribution in [0.1, 0.15) is 17.5 Å². The molecular formula is C21H18N2O4. The van der Waals surface area contributed by atoms with Gasteiger partial charge in [0.15, 0.2) is 11.5 Å². The fourth-order valence-electron chi connectivity index (χ4n) is 3.00. The summed E-state index contributed by atoms with van der Waals surface area (Å²) in [4.78, 5) is 12.0. The van der Waals surface area contributed by atoms with Crippen LogP contribution in [0.25, 0.3) is 10.8 Å². The van der Waals surface area contributed by atoms with Crippen LogP contribution in [0.2, 0.25) is 0 Å². The summed E-state index contributed by atoms with van der Waals surface area (Å²) in [6.45, 7) is 0.231. The number of phenols is 1. The summed E-state index contributed by atoms with van der Waals surface area (Å²) in [6.07, 6.45) is 2.33. The lowest BCUT2D eigenvalue weighted by Gasteiger charge is -2.05. The Morgan fingerprint density at radius 3 is 2.89 bits per heavy atom. The summed E-state index contributed by atoms with van der Waals surface area (Å²) >= 11 is 0. The number of carbonyl (C=O) groups is 1. The minimum atomic E-state index is -0.205. The second-order valence-corrected chi connectivity index (χ2v) is 6.20. The van der Waals surface area contributed by atoms with Crippen molar-refractivity contribution in [2.45, 2.75) is 12.8 Å². The van der Waals surface area contributed by atoms with Gasteiger partial charge in [0.2, 0.25) is 12.7 Å². The minimum absolute atomic E-state index is 0.118. The zero-order chi connectivity index (χ0) is 18.6. The Bertz CT molecular complexity index is 1030. The lowest BCUT2D eigenvalue weighted by Crippen LogP contribution is -2.17. The van der Waals surface area contributed by atoms with Crippen molar-refractivity contribution in [2.75, 3.05) is 6.79 Å². The molecule has 27 heavy (non-hydrogen) atoms. The van der Waals surface area contributed by atoms with Crippen LogP contribution in [-0.2, 0) is 11.2 Å². The molecular weight excluding hydrogens is 344 g/mol. The fourth-order valence-corrected chi connectivity index (χ4v) is 3.00. The average molecular weight is 362 g/mol. The number of nitrogens with one attached hydrogen (secondary N) is 1. The zero-order valence-corrected chi connectivity index (χ0v) is 14.5. The summed E-state index contributed by atoms with van der Waals surface area (Å²) < 4.78 is 10.6. The second kappa shape index (κ2) is 7.37. The molecule has 0 saturated heterocycles. The molecule has 0 saturated carbocycles. The molecule has 3 aromatic rings. The molecule has 0 aliphatic carbocycles. The molecule has 0 atom stereocenters. The van der Waals surface area contributed by atoms with E-state index >= 15 is 0 Å². The summed E-state index contributed by atoms with van der Waals surface area (Å²) in [5.74, 6) is 1.34. The van der Waals surface area contributed by atoms with Gasteiger partial charge in [0.05, 0.1) is 6.21 Å². The van der Waals surface area contributed by atoms with Crippen molar-refractivity contribution >= 4 is 22.9 Å². The van der Waals surface area contributed by atoms with Crippen LogP contribution in [0, 0.1) is 0 Å². The van der Waals surface area contributed by atoms with Crippen molar-refractivity contribution in [3.63, 3.8) is 0 Å². The van der Waals surface area contributed by atoms with E-state index in [-0.39, 0.29) is 18.4 Å². The van der Waals surface area contributed by atoms with Crippen LogP contribution < -0.4 is 14.9 Å². The molecule has 1 amide bonds. The van der Waals surface area contributed by atoms with Crippen LogP contribution >= 0.6 is 0 Å². The third-order valence-corrected chi connectivity index (χ3v) is 4.41. The van der Waals surface area contributed by atoms with Gasteiger partial charge >= 0.3 is 0 Å². The van der Waals surface area contributed by atoms with Gasteiger partial charge in [0.25, 0.3) is 0 Å². The zero-order valence-electron chi connectivity index (χ0n) is 14.5. The van der Waals surface area contributed by atoms with Crippen molar-refractivity contribution in [3.8, 4) is 17.2 Å². The normalized spacial score (nSPS) is 12.6. The number of rotatable bonds is 5. The van der Waals surface area contributed by atoms with Crippen molar-refractivity contribution < 1.29 is 19.4 Å². The summed E-state index contributed by atoms with van der Waals surface area (Å²) in [6, 6.07) is 16.8. The number of benzene rings is 3. The van der Waals surface area contributed by atoms with Gasteiger partial charge in [-0.2, -0.15) is 5.10 Å². The number of fused-ring (bicyclic) bond motifs is 2. The molecule has 0 spiro atoms. The van der Waals surface area contributed by atoms with Gasteiger partial charge in [-0.25, -0.2) is 5.43 Å². The molecule has 1 aliphatic heterocycles. The van der Waals surface area contributed by atoms with E-state index < -0.39 is 0 Å². The molecule has 136 valence electrons. The molecule has 3 aromatic carbocycles. The largest absolute Gasteiger partial charge is 0.507 e. The van der Waals surface area contributed by atoms with Gasteiger partial charge in [-0.1, -0.05) is 36.4 Å². The smallest absolute Gasteiger partial charge is 0.240 e. The lowest BCUT2D eigenvalue weighted by molar-refractivity contribution is -0.121. The second-order valence-electron chi connectivity index (χ2n) is 6.20. The first-order valence-electron chi connectivity index (χ1n) is 8.62. The number of phenolic OH excluding ortho intramolecular Hbond substituents is 1. The van der Waals surface area contributed by atoms with Crippen molar-refractivity contribution in [1.82, 2.24) is 5.43 Å². The van der Waals surface area contributed by atoms with Crippen molar-refractivity contribution in [2.24, 2.45) is 5.10 Å². The number of hydrogen-bond donors (Lipinski definition) is 2. The Kier molecular flexibility index (Phi) is 4.61. The van der Waals surface area contributed by atoms with E-state index in [1.165, 1.54) is 6.21 Å². The molecule has 1 aliphatic rings. The summed E-state index contributed by atoms with van der Waals surface area (Å²) in [5, 5.41) is 15.9. The maximum atomic E-state index is 12.0. The Morgan fingerprint density at radius 2 is 1.96 bits per heavy atom. The van der Waals surface area contributed by atoms with Gasteiger partial charge in [0.1, 0.15) is 5.75 Å². The van der Waals surface area contributed by atoms with Gasteiger partial charge in [0, 0.05) is 12.0 Å². The topological polar surface area (TPSA) is 80.2 Å². The van der Waals surface area contributed by atoms with Gasteiger partial charge in [-0.3, -0.25) is 4.79 Å². The number of aryl methyl sites for hydroxylation is 1. The van der Waals surface area contributed by atoms with Gasteiger partial charge in [-0.15, -0.1) is 0 Å². The first-order valence-corrected chi connectivity index (χ1v) is 8.62. The monoisotopic (exact) mass is 362 g/mol. The molecule has 0 radical (unpaired) electrons. The Hall–Kier alpha value is -3.54. The SMILES string of the molecule is O=C(CCc1ccc2c(c1)OCO2)N/N=C\c1c(O)ccc2ccccc12. The molecule has 0 fully saturated rings. The quantitative estimate of drug-likeness (QED) is 0.539. The Balaban J connectivity index is 1.37. The highest BCUT2D eigenvalue weighted by Gasteiger charge is 2.13. The predicted molar refractivity (Wildman–Crippen MR) is 102 cm³/mol. The van der Waals surface area contributed by atoms with Gasteiger partial charge in [-0.05, 0) is 41.0 Å². The minimum Gasteiger partial charge on any atom is -0.507 e. The number of aromatic hydroxyl groups is 1. The van der Waals surface area contributed by atoms with Crippen molar-refractivity contribution in [1.29, 1.82) is 0 Å². The summed E-state index contributed by atoms with van der Waals surface area (Å²) in [7, 11) is 0. The number of ether oxygens (including phenoxy) is 2. The maximum absolute atomic E-state index is 12.0. The van der Waals surface area contributed by atoms with E-state index in [0.29, 0.717) is 24.2 Å². The first-order chi connectivity index (χ1) is 13.2. The van der Waals surface area contributed by atoms with E-state index in [0.717, 1.165) is 22.1 Å². The number of hydrogen-bond acceptors (Lipinski definition) is 5. The predicted octanol–water partition coefficient (Wildman–Crippen LogP) is 3.36. The van der Waals surface area contributed by atoms with E-state index in [2.05, 4.69) is 10.5 Å². The molecule has 6 heteroatoms. The maximum Gasteiger partial charge on any atom is 0.240 e. The molecule has 0 unspecified atom stereocenters. The van der Waals surface area contributed by atoms with E-state index in [1.807, 2.05) is 48.5 Å². The third kappa shape index (κ3) is 3.69. The number of hydrazone groups is 1. The third-order valence-electron chi connectivity index (χ3n) is 4.41. The average Bonchev–Trinajstić information content (AvgIpc) is 3.16. The van der Waals surface area contributed by atoms with Crippen LogP contribution in [0.15, 0.2) is 59.7 Å². The molecule has 4 rings (SSSR count). The van der Waals surface area contributed by atoms with E-state index in [9.17, 15) is 9.90 Å². The van der Waals surface area contributed by atoms with Crippen LogP contribution in [0.5, 0.6) is 17.2 Å². The highest BCUT2D eigenvalue weighted by Crippen LogP contribution is 2.32. The van der Waals surface area contributed by atoms with E-state index in [4.69, 9.17) is 9.47 Å². The highest BCUT2D eigenvalue weighted by atomic mass is 16.7. The molecule has 0 bridgehead atoms. The van der Waals surface area contributed by atoms with Crippen LogP contribution in [0.3, 0.4) is 0 Å². The number of amides is 1. The van der Waals surface area contributed by atoms with E-state index in [1.54, 1.807) is 6.07 Å². The van der Waals surface area contributed by atoms with Crippen molar-refractivity contribution in [3.05, 3.63) is 65.7 Å². The molecule has 2 N–H and O–H groups in total.